The van der Waals surface area contributed by atoms with E-state index in [9.17, 15) is 4.79 Å². The largest absolute Gasteiger partial charge is 0.454 e. The van der Waals surface area contributed by atoms with Crippen LogP contribution in [0.3, 0.4) is 0 Å². The molecule has 1 aliphatic rings. The fourth-order valence-electron chi connectivity index (χ4n) is 2.14. The Kier molecular flexibility index (Phi) is 4.49. The van der Waals surface area contributed by atoms with Gasteiger partial charge < -0.3 is 20.1 Å². The Morgan fingerprint density at radius 2 is 2.10 bits per heavy atom. The predicted molar refractivity (Wildman–Crippen MR) is 76.5 cm³/mol. The zero-order valence-corrected chi connectivity index (χ0v) is 12.3. The van der Waals surface area contributed by atoms with Crippen molar-refractivity contribution < 1.29 is 14.3 Å². The maximum Gasteiger partial charge on any atom is 0.239 e. The molecule has 2 N–H and O–H groups in total. The maximum atomic E-state index is 12.2. The second-order valence-electron chi connectivity index (χ2n) is 5.29. The number of nitrogens with two attached hydrogens (primary N) is 1. The number of amides is 1. The van der Waals surface area contributed by atoms with Crippen LogP contribution in [0.1, 0.15) is 25.8 Å². The summed E-state index contributed by atoms with van der Waals surface area (Å²) in [5.74, 6) is 1.63. The molecular weight excluding hydrogens is 256 g/mol. The number of rotatable bonds is 5. The lowest BCUT2D eigenvalue weighted by Crippen LogP contribution is -2.45. The van der Waals surface area contributed by atoms with Gasteiger partial charge in [-0.25, -0.2) is 0 Å². The first-order chi connectivity index (χ1) is 9.52. The minimum atomic E-state index is -0.445. The molecule has 1 aliphatic heterocycles. The highest BCUT2D eigenvalue weighted by atomic mass is 16.7. The highest BCUT2D eigenvalue weighted by Gasteiger charge is 2.23. The molecule has 1 aromatic carbocycles. The molecule has 0 radical (unpaired) electrons. The molecule has 0 spiro atoms. The molecule has 20 heavy (non-hydrogen) atoms. The van der Waals surface area contributed by atoms with Crippen molar-refractivity contribution in [2.45, 2.75) is 32.9 Å². The number of likely N-dealkylation sites (N-methyl/N-ethyl adjacent to an activating group) is 1. The van der Waals surface area contributed by atoms with Crippen LogP contribution in [0.4, 0.5) is 0 Å². The Morgan fingerprint density at radius 1 is 1.40 bits per heavy atom. The standard InChI is InChI=1S/C15H22N2O3/c1-4-10(2)14(16)15(18)17(3)8-11-5-6-12-13(7-11)20-9-19-12/h5-7,10,14H,4,8-9,16H2,1-3H3/t10?,14-/m0/s1. The molecule has 1 aromatic rings. The number of benzene rings is 1. The van der Waals surface area contributed by atoms with Gasteiger partial charge in [-0.2, -0.15) is 0 Å². The van der Waals surface area contributed by atoms with Crippen molar-refractivity contribution in [2.24, 2.45) is 11.7 Å². The van der Waals surface area contributed by atoms with Gasteiger partial charge in [-0.1, -0.05) is 26.3 Å². The van der Waals surface area contributed by atoms with Gasteiger partial charge in [0.25, 0.3) is 0 Å². The summed E-state index contributed by atoms with van der Waals surface area (Å²) in [5.41, 5.74) is 6.98. The van der Waals surface area contributed by atoms with E-state index in [-0.39, 0.29) is 18.6 Å². The van der Waals surface area contributed by atoms with Gasteiger partial charge >= 0.3 is 0 Å². The van der Waals surface area contributed by atoms with Gasteiger partial charge in [-0.3, -0.25) is 4.79 Å². The summed E-state index contributed by atoms with van der Waals surface area (Å²) in [6, 6.07) is 5.26. The molecule has 1 unspecified atom stereocenters. The van der Waals surface area contributed by atoms with Gasteiger partial charge in [-0.05, 0) is 23.6 Å². The molecule has 0 saturated heterocycles. The van der Waals surface area contributed by atoms with Crippen LogP contribution < -0.4 is 15.2 Å². The lowest BCUT2D eigenvalue weighted by Gasteiger charge is -2.24. The minimum absolute atomic E-state index is 0.0305. The Bertz CT molecular complexity index is 490. The number of ether oxygens (including phenoxy) is 2. The van der Waals surface area contributed by atoms with Gasteiger partial charge in [0, 0.05) is 13.6 Å². The molecule has 0 aliphatic carbocycles. The van der Waals surface area contributed by atoms with Gasteiger partial charge in [0.2, 0.25) is 12.7 Å². The van der Waals surface area contributed by atoms with E-state index in [2.05, 4.69) is 0 Å². The number of fused-ring (bicyclic) bond motifs is 1. The molecule has 5 heteroatoms. The molecule has 0 bridgehead atoms. The molecule has 5 nitrogen and oxygen atoms in total. The van der Waals surface area contributed by atoms with Crippen molar-refractivity contribution in [1.29, 1.82) is 0 Å². The SMILES string of the molecule is CCC(C)[C@H](N)C(=O)N(C)Cc1ccc2c(c1)OCO2. The first-order valence-corrected chi connectivity index (χ1v) is 6.92. The number of hydrogen-bond donors (Lipinski definition) is 1. The summed E-state index contributed by atoms with van der Waals surface area (Å²) < 4.78 is 10.6. The van der Waals surface area contributed by atoms with Crippen LogP contribution in [0.25, 0.3) is 0 Å². The van der Waals surface area contributed by atoms with Crippen molar-refractivity contribution in [1.82, 2.24) is 4.90 Å². The quantitative estimate of drug-likeness (QED) is 0.891. The number of nitrogens with zero attached hydrogens (tertiary/aromatic N) is 1. The van der Waals surface area contributed by atoms with Crippen LogP contribution in [0.5, 0.6) is 11.5 Å². The van der Waals surface area contributed by atoms with Crippen molar-refractivity contribution in [3.63, 3.8) is 0 Å². The van der Waals surface area contributed by atoms with E-state index in [1.807, 2.05) is 32.0 Å². The highest BCUT2D eigenvalue weighted by Crippen LogP contribution is 2.32. The van der Waals surface area contributed by atoms with E-state index in [0.717, 1.165) is 23.5 Å². The summed E-state index contributed by atoms with van der Waals surface area (Å²) in [6.45, 7) is 4.80. The first kappa shape index (κ1) is 14.7. The fraction of sp³-hybridized carbons (Fsp3) is 0.533. The summed E-state index contributed by atoms with van der Waals surface area (Å²) in [5, 5.41) is 0. The van der Waals surface area contributed by atoms with Gasteiger partial charge in [0.1, 0.15) is 0 Å². The number of carbonyl (C=O) groups is 1. The smallest absolute Gasteiger partial charge is 0.239 e. The van der Waals surface area contributed by atoms with E-state index in [0.29, 0.717) is 6.54 Å². The van der Waals surface area contributed by atoms with Gasteiger partial charge in [0.15, 0.2) is 11.5 Å². The lowest BCUT2D eigenvalue weighted by atomic mass is 9.99. The van der Waals surface area contributed by atoms with E-state index in [4.69, 9.17) is 15.2 Å². The summed E-state index contributed by atoms with van der Waals surface area (Å²) in [6.07, 6.45) is 0.894. The Morgan fingerprint density at radius 3 is 2.80 bits per heavy atom. The van der Waals surface area contributed by atoms with Crippen LogP contribution in [-0.4, -0.2) is 30.7 Å². The van der Waals surface area contributed by atoms with Crippen molar-refractivity contribution in [2.75, 3.05) is 13.8 Å². The molecule has 0 saturated carbocycles. The van der Waals surface area contributed by atoms with E-state index >= 15 is 0 Å². The molecule has 0 aromatic heterocycles. The lowest BCUT2D eigenvalue weighted by molar-refractivity contribution is -0.132. The molecule has 1 amide bonds. The molecule has 0 fully saturated rings. The third kappa shape index (κ3) is 3.04. The minimum Gasteiger partial charge on any atom is -0.454 e. The van der Waals surface area contributed by atoms with Gasteiger partial charge in [-0.15, -0.1) is 0 Å². The third-order valence-corrected chi connectivity index (χ3v) is 3.78. The number of hydrogen-bond acceptors (Lipinski definition) is 4. The fourth-order valence-corrected chi connectivity index (χ4v) is 2.14. The van der Waals surface area contributed by atoms with Crippen molar-refractivity contribution >= 4 is 5.91 Å². The zero-order chi connectivity index (χ0) is 14.7. The second-order valence-corrected chi connectivity index (χ2v) is 5.29. The third-order valence-electron chi connectivity index (χ3n) is 3.78. The normalized spacial score (nSPS) is 15.8. The van der Waals surface area contributed by atoms with Crippen LogP contribution in [0, 0.1) is 5.92 Å². The van der Waals surface area contributed by atoms with Crippen LogP contribution >= 0.6 is 0 Å². The van der Waals surface area contributed by atoms with Crippen molar-refractivity contribution in [3.8, 4) is 11.5 Å². The van der Waals surface area contributed by atoms with E-state index in [1.165, 1.54) is 0 Å². The summed E-state index contributed by atoms with van der Waals surface area (Å²) >= 11 is 0. The molecular formula is C15H22N2O3. The van der Waals surface area contributed by atoms with E-state index < -0.39 is 6.04 Å². The highest BCUT2D eigenvalue weighted by molar-refractivity contribution is 5.81. The molecule has 110 valence electrons. The zero-order valence-electron chi connectivity index (χ0n) is 12.3. The van der Waals surface area contributed by atoms with Crippen LogP contribution in [0.2, 0.25) is 0 Å². The summed E-state index contributed by atoms with van der Waals surface area (Å²) in [7, 11) is 1.77. The number of carbonyl (C=O) groups excluding carboxylic acids is 1. The molecule has 2 rings (SSSR count). The average molecular weight is 278 g/mol. The predicted octanol–water partition coefficient (Wildman–Crippen LogP) is 1.75. The summed E-state index contributed by atoms with van der Waals surface area (Å²) in [4.78, 5) is 13.9. The molecule has 1 heterocycles. The Balaban J connectivity index is 2.00. The van der Waals surface area contributed by atoms with Crippen molar-refractivity contribution in [3.05, 3.63) is 23.8 Å². The molecule has 2 atom stereocenters. The maximum absolute atomic E-state index is 12.2. The average Bonchev–Trinajstić information content (AvgIpc) is 2.92. The second kappa shape index (κ2) is 6.13. The van der Waals surface area contributed by atoms with Gasteiger partial charge in [0.05, 0.1) is 6.04 Å². The van der Waals surface area contributed by atoms with Crippen LogP contribution in [0.15, 0.2) is 18.2 Å². The Labute approximate surface area is 119 Å². The first-order valence-electron chi connectivity index (χ1n) is 6.92. The Hall–Kier alpha value is -1.75. The van der Waals surface area contributed by atoms with E-state index in [1.54, 1.807) is 11.9 Å². The monoisotopic (exact) mass is 278 g/mol. The topological polar surface area (TPSA) is 64.8 Å². The van der Waals surface area contributed by atoms with Crippen LogP contribution in [-0.2, 0) is 11.3 Å².